The standard InChI is InChI=1S/C13H15N3O2/c1-3-18-13(17)12(8-14)9-16-10(2)11-4-6-15-7-5-11/h4-7,9-10,12H,3H2,1-2H3/t10-,12-/m1/s1. The minimum atomic E-state index is -0.950. The van der Waals surface area contributed by atoms with Crippen molar-refractivity contribution in [1.82, 2.24) is 4.98 Å². The maximum atomic E-state index is 11.4. The van der Waals surface area contributed by atoms with Crippen molar-refractivity contribution in [3.05, 3.63) is 30.1 Å². The number of aliphatic imine (C=N–C) groups is 1. The zero-order valence-corrected chi connectivity index (χ0v) is 10.4. The first-order valence-electron chi connectivity index (χ1n) is 5.68. The van der Waals surface area contributed by atoms with E-state index in [-0.39, 0.29) is 12.6 Å². The zero-order chi connectivity index (χ0) is 13.4. The number of pyridine rings is 1. The van der Waals surface area contributed by atoms with Crippen LogP contribution in [0, 0.1) is 17.2 Å². The highest BCUT2D eigenvalue weighted by Crippen LogP contribution is 2.14. The predicted molar refractivity (Wildman–Crippen MR) is 66.9 cm³/mol. The van der Waals surface area contributed by atoms with Gasteiger partial charge in [0.2, 0.25) is 0 Å². The van der Waals surface area contributed by atoms with Gasteiger partial charge in [-0.25, -0.2) is 0 Å². The van der Waals surface area contributed by atoms with Gasteiger partial charge in [0.15, 0.2) is 5.92 Å². The largest absolute Gasteiger partial charge is 0.465 e. The summed E-state index contributed by atoms with van der Waals surface area (Å²) < 4.78 is 4.77. The van der Waals surface area contributed by atoms with E-state index in [4.69, 9.17) is 10.00 Å². The summed E-state index contributed by atoms with van der Waals surface area (Å²) in [5.74, 6) is -1.51. The molecule has 0 spiro atoms. The molecule has 94 valence electrons. The van der Waals surface area contributed by atoms with E-state index in [2.05, 4.69) is 9.98 Å². The minimum absolute atomic E-state index is 0.127. The highest BCUT2D eigenvalue weighted by atomic mass is 16.5. The Morgan fingerprint density at radius 1 is 1.61 bits per heavy atom. The number of carbonyl (C=O) groups is 1. The van der Waals surface area contributed by atoms with Crippen LogP contribution in [0.2, 0.25) is 0 Å². The summed E-state index contributed by atoms with van der Waals surface area (Å²) in [7, 11) is 0. The Kier molecular flexibility index (Phi) is 5.52. The molecule has 1 rings (SSSR count). The van der Waals surface area contributed by atoms with Crippen molar-refractivity contribution in [2.24, 2.45) is 10.9 Å². The molecule has 1 heterocycles. The second-order valence-electron chi connectivity index (χ2n) is 3.61. The van der Waals surface area contributed by atoms with Gasteiger partial charge < -0.3 is 4.74 Å². The van der Waals surface area contributed by atoms with Gasteiger partial charge in [0.05, 0.1) is 18.7 Å². The third-order valence-electron chi connectivity index (χ3n) is 2.33. The predicted octanol–water partition coefficient (Wildman–Crippen LogP) is 1.92. The van der Waals surface area contributed by atoms with E-state index in [1.807, 2.05) is 25.1 Å². The van der Waals surface area contributed by atoms with Crippen molar-refractivity contribution < 1.29 is 9.53 Å². The molecule has 0 unspecified atom stereocenters. The molecule has 5 heteroatoms. The lowest BCUT2D eigenvalue weighted by Crippen LogP contribution is -2.17. The van der Waals surface area contributed by atoms with Crippen molar-refractivity contribution in [3.63, 3.8) is 0 Å². The average molecular weight is 245 g/mol. The molecule has 0 aliphatic rings. The van der Waals surface area contributed by atoms with Crippen LogP contribution in [0.4, 0.5) is 0 Å². The molecule has 2 atom stereocenters. The topological polar surface area (TPSA) is 75.3 Å². The number of rotatable bonds is 5. The molecule has 0 radical (unpaired) electrons. The molecular formula is C13H15N3O2. The molecule has 0 aliphatic carbocycles. The van der Waals surface area contributed by atoms with Crippen LogP contribution < -0.4 is 0 Å². The molecule has 0 amide bonds. The molecule has 0 bridgehead atoms. The van der Waals surface area contributed by atoms with Gasteiger partial charge in [0.1, 0.15) is 0 Å². The third-order valence-corrected chi connectivity index (χ3v) is 2.33. The fourth-order valence-corrected chi connectivity index (χ4v) is 1.32. The molecule has 18 heavy (non-hydrogen) atoms. The number of esters is 1. The van der Waals surface area contributed by atoms with Gasteiger partial charge >= 0.3 is 5.97 Å². The number of carbonyl (C=O) groups excluding carboxylic acids is 1. The smallest absolute Gasteiger partial charge is 0.328 e. The molecule has 0 saturated heterocycles. The Labute approximate surface area is 106 Å². The molecule has 0 N–H and O–H groups in total. The molecular weight excluding hydrogens is 230 g/mol. The van der Waals surface area contributed by atoms with E-state index in [9.17, 15) is 4.79 Å². The van der Waals surface area contributed by atoms with Crippen LogP contribution in [0.3, 0.4) is 0 Å². The summed E-state index contributed by atoms with van der Waals surface area (Å²) >= 11 is 0. The van der Waals surface area contributed by atoms with Gasteiger partial charge in [-0.3, -0.25) is 14.8 Å². The first-order valence-corrected chi connectivity index (χ1v) is 5.68. The SMILES string of the molecule is CCOC(=O)[C@H](C#N)C=N[C@H](C)c1ccncc1. The lowest BCUT2D eigenvalue weighted by Gasteiger charge is -2.07. The monoisotopic (exact) mass is 245 g/mol. The van der Waals surface area contributed by atoms with Gasteiger partial charge in [-0.1, -0.05) is 0 Å². The Morgan fingerprint density at radius 2 is 2.28 bits per heavy atom. The number of hydrogen-bond donors (Lipinski definition) is 0. The van der Waals surface area contributed by atoms with Crippen molar-refractivity contribution in [1.29, 1.82) is 5.26 Å². The lowest BCUT2D eigenvalue weighted by molar-refractivity contribution is -0.143. The van der Waals surface area contributed by atoms with E-state index in [1.165, 1.54) is 6.21 Å². The van der Waals surface area contributed by atoms with E-state index < -0.39 is 11.9 Å². The Balaban J connectivity index is 2.68. The van der Waals surface area contributed by atoms with Crippen LogP contribution in [-0.4, -0.2) is 23.8 Å². The van der Waals surface area contributed by atoms with E-state index >= 15 is 0 Å². The van der Waals surface area contributed by atoms with Gasteiger partial charge in [-0.2, -0.15) is 5.26 Å². The number of nitrogens with zero attached hydrogens (tertiary/aromatic N) is 3. The summed E-state index contributed by atoms with van der Waals surface area (Å²) in [5.41, 5.74) is 0.974. The van der Waals surface area contributed by atoms with E-state index in [0.717, 1.165) is 5.56 Å². The summed E-state index contributed by atoms with van der Waals surface area (Å²) in [5, 5.41) is 8.85. The number of ether oxygens (including phenoxy) is 1. The average Bonchev–Trinajstić information content (AvgIpc) is 2.40. The number of hydrogen-bond acceptors (Lipinski definition) is 5. The highest BCUT2D eigenvalue weighted by Gasteiger charge is 2.16. The maximum Gasteiger partial charge on any atom is 0.328 e. The van der Waals surface area contributed by atoms with Crippen LogP contribution in [0.1, 0.15) is 25.5 Å². The lowest BCUT2D eigenvalue weighted by atomic mass is 10.1. The van der Waals surface area contributed by atoms with Crippen molar-refractivity contribution in [3.8, 4) is 6.07 Å². The molecule has 1 aromatic rings. The Bertz CT molecular complexity index is 451. The second-order valence-corrected chi connectivity index (χ2v) is 3.61. The molecule has 1 aromatic heterocycles. The Morgan fingerprint density at radius 3 is 2.83 bits per heavy atom. The van der Waals surface area contributed by atoms with Crippen molar-refractivity contribution >= 4 is 12.2 Å². The van der Waals surface area contributed by atoms with E-state index in [1.54, 1.807) is 19.3 Å². The van der Waals surface area contributed by atoms with Gasteiger partial charge in [0.25, 0.3) is 0 Å². The highest BCUT2D eigenvalue weighted by molar-refractivity contribution is 5.92. The number of nitriles is 1. The Hall–Kier alpha value is -2.22. The quantitative estimate of drug-likeness (QED) is 0.586. The molecule has 0 saturated carbocycles. The van der Waals surface area contributed by atoms with Crippen molar-refractivity contribution in [2.75, 3.05) is 6.61 Å². The third kappa shape index (κ3) is 3.98. The first-order chi connectivity index (χ1) is 8.69. The molecule has 0 aromatic carbocycles. The second kappa shape index (κ2) is 7.17. The van der Waals surface area contributed by atoms with Crippen LogP contribution >= 0.6 is 0 Å². The van der Waals surface area contributed by atoms with E-state index in [0.29, 0.717) is 0 Å². The fraction of sp³-hybridized carbons (Fsp3) is 0.385. The first kappa shape index (κ1) is 13.8. The summed E-state index contributed by atoms with van der Waals surface area (Å²) in [6, 6.07) is 5.41. The molecule has 5 nitrogen and oxygen atoms in total. The summed E-state index contributed by atoms with van der Waals surface area (Å²) in [4.78, 5) is 19.5. The summed E-state index contributed by atoms with van der Waals surface area (Å²) in [6.45, 7) is 3.83. The van der Waals surface area contributed by atoms with Gasteiger partial charge in [-0.05, 0) is 31.5 Å². The van der Waals surface area contributed by atoms with Gasteiger partial charge in [0, 0.05) is 18.6 Å². The van der Waals surface area contributed by atoms with Gasteiger partial charge in [-0.15, -0.1) is 0 Å². The maximum absolute atomic E-state index is 11.4. The number of aromatic nitrogens is 1. The fourth-order valence-electron chi connectivity index (χ4n) is 1.32. The normalized spacial score (nSPS) is 13.8. The van der Waals surface area contributed by atoms with Crippen LogP contribution in [-0.2, 0) is 9.53 Å². The van der Waals surface area contributed by atoms with Crippen LogP contribution in [0.15, 0.2) is 29.5 Å². The van der Waals surface area contributed by atoms with Crippen molar-refractivity contribution in [2.45, 2.75) is 19.9 Å². The molecule has 0 aliphatic heterocycles. The zero-order valence-electron chi connectivity index (χ0n) is 10.4. The molecule has 0 fully saturated rings. The minimum Gasteiger partial charge on any atom is -0.465 e. The van der Waals surface area contributed by atoms with Crippen LogP contribution in [0.5, 0.6) is 0 Å². The van der Waals surface area contributed by atoms with Crippen LogP contribution in [0.25, 0.3) is 0 Å². The summed E-state index contributed by atoms with van der Waals surface area (Å²) in [6.07, 6.45) is 4.69.